The second-order valence-corrected chi connectivity index (χ2v) is 1.87. The van der Waals surface area contributed by atoms with Crippen molar-refractivity contribution in [1.82, 2.24) is 5.32 Å². The van der Waals surface area contributed by atoms with Gasteiger partial charge >= 0.3 is 0 Å². The number of hydrogen-bond donors (Lipinski definition) is 1. The van der Waals surface area contributed by atoms with Crippen LogP contribution in [-0.4, -0.2) is 11.8 Å². The Balaban J connectivity index is 2.77. The molecule has 3 nitrogen and oxygen atoms in total. The Morgan fingerprint density at radius 3 is 2.70 bits per heavy atom. The van der Waals surface area contributed by atoms with Crippen LogP contribution in [0.2, 0.25) is 0 Å². The maximum atomic E-state index is 10.7. The lowest BCUT2D eigenvalue weighted by molar-refractivity contribution is -0.123. The van der Waals surface area contributed by atoms with Crippen molar-refractivity contribution in [2.75, 3.05) is 0 Å². The molecule has 0 spiro atoms. The average Bonchev–Trinajstić information content (AvgIpc) is 2.13. The molecular weight excluding hydrogens is 130 g/mol. The zero-order valence-electron chi connectivity index (χ0n) is 5.18. The number of imide groups is 1. The Labute approximate surface area is 58.1 Å². The van der Waals surface area contributed by atoms with Crippen LogP contribution in [0.15, 0.2) is 11.6 Å². The van der Waals surface area contributed by atoms with Crippen LogP contribution in [0.3, 0.4) is 0 Å². The van der Waals surface area contributed by atoms with Gasteiger partial charge in [-0.25, -0.2) is 0 Å². The van der Waals surface area contributed by atoms with E-state index in [4.69, 9.17) is 6.42 Å². The van der Waals surface area contributed by atoms with Crippen LogP contribution in [0.5, 0.6) is 0 Å². The van der Waals surface area contributed by atoms with Crippen molar-refractivity contribution in [3.05, 3.63) is 11.6 Å². The molecule has 0 unspecified atom stereocenters. The highest BCUT2D eigenvalue weighted by atomic mass is 16.2. The molecule has 1 heterocycles. The average molecular weight is 135 g/mol. The van der Waals surface area contributed by atoms with Crippen molar-refractivity contribution in [2.45, 2.75) is 6.42 Å². The molecule has 0 atom stereocenters. The second-order valence-electron chi connectivity index (χ2n) is 1.87. The Hall–Kier alpha value is -1.56. The van der Waals surface area contributed by atoms with Crippen molar-refractivity contribution < 1.29 is 9.59 Å². The van der Waals surface area contributed by atoms with E-state index in [0.717, 1.165) is 0 Å². The molecule has 0 bridgehead atoms. The Kier molecular flexibility index (Phi) is 1.55. The first-order chi connectivity index (χ1) is 4.74. The van der Waals surface area contributed by atoms with E-state index in [-0.39, 0.29) is 18.2 Å². The predicted octanol–water partition coefficient (Wildman–Crippen LogP) is -0.408. The summed E-state index contributed by atoms with van der Waals surface area (Å²) in [4.78, 5) is 21.1. The van der Waals surface area contributed by atoms with E-state index in [1.165, 1.54) is 6.08 Å². The molecule has 0 fully saturated rings. The highest BCUT2D eigenvalue weighted by Crippen LogP contribution is 2.04. The molecule has 0 aromatic carbocycles. The van der Waals surface area contributed by atoms with Crippen LogP contribution in [0, 0.1) is 12.3 Å². The Morgan fingerprint density at radius 2 is 2.30 bits per heavy atom. The SMILES string of the molecule is C#CCC1=CC(=O)NC1=O. The van der Waals surface area contributed by atoms with Crippen LogP contribution in [0.1, 0.15) is 6.42 Å². The van der Waals surface area contributed by atoms with Gasteiger partial charge in [0.25, 0.3) is 11.8 Å². The lowest BCUT2D eigenvalue weighted by Gasteiger charge is -1.89. The summed E-state index contributed by atoms with van der Waals surface area (Å²) < 4.78 is 0. The van der Waals surface area contributed by atoms with Crippen LogP contribution in [0.25, 0.3) is 0 Å². The van der Waals surface area contributed by atoms with Gasteiger partial charge in [0.1, 0.15) is 0 Å². The fourth-order valence-corrected chi connectivity index (χ4v) is 0.693. The summed E-state index contributed by atoms with van der Waals surface area (Å²) in [6.45, 7) is 0. The third-order valence-electron chi connectivity index (χ3n) is 1.13. The number of nitrogens with one attached hydrogen (secondary N) is 1. The van der Waals surface area contributed by atoms with Crippen molar-refractivity contribution in [3.8, 4) is 12.3 Å². The molecule has 0 aliphatic carbocycles. The molecule has 1 aliphatic heterocycles. The molecule has 0 saturated heterocycles. The molecule has 1 N–H and O–H groups in total. The van der Waals surface area contributed by atoms with Crippen LogP contribution in [-0.2, 0) is 9.59 Å². The molecule has 10 heavy (non-hydrogen) atoms. The number of rotatable bonds is 1. The molecule has 1 rings (SSSR count). The first-order valence-corrected chi connectivity index (χ1v) is 2.73. The molecule has 1 aliphatic rings. The summed E-state index contributed by atoms with van der Waals surface area (Å²) in [5.41, 5.74) is 0.368. The van der Waals surface area contributed by atoms with Gasteiger partial charge in [-0.1, -0.05) is 0 Å². The minimum atomic E-state index is -0.379. The first-order valence-electron chi connectivity index (χ1n) is 2.73. The van der Waals surface area contributed by atoms with E-state index in [1.807, 2.05) is 0 Å². The maximum absolute atomic E-state index is 10.7. The lowest BCUT2D eigenvalue weighted by atomic mass is 10.2. The summed E-state index contributed by atoms with van der Waals surface area (Å²) in [6, 6.07) is 0. The van der Waals surface area contributed by atoms with Crippen molar-refractivity contribution in [2.24, 2.45) is 0 Å². The van der Waals surface area contributed by atoms with E-state index in [0.29, 0.717) is 5.57 Å². The molecule has 2 amide bonds. The van der Waals surface area contributed by atoms with Crippen LogP contribution < -0.4 is 5.32 Å². The number of amides is 2. The molecule has 0 aromatic heterocycles. The van der Waals surface area contributed by atoms with Gasteiger partial charge in [0.15, 0.2) is 0 Å². The molecule has 50 valence electrons. The van der Waals surface area contributed by atoms with Crippen LogP contribution in [0.4, 0.5) is 0 Å². The Morgan fingerprint density at radius 1 is 1.60 bits per heavy atom. The highest BCUT2D eigenvalue weighted by Gasteiger charge is 2.18. The van der Waals surface area contributed by atoms with Crippen molar-refractivity contribution in [1.29, 1.82) is 0 Å². The second kappa shape index (κ2) is 2.36. The van der Waals surface area contributed by atoms with Gasteiger partial charge < -0.3 is 0 Å². The van der Waals surface area contributed by atoms with Gasteiger partial charge in [0.2, 0.25) is 0 Å². The van der Waals surface area contributed by atoms with Crippen molar-refractivity contribution >= 4 is 11.8 Å². The summed E-state index contributed by atoms with van der Waals surface area (Å²) >= 11 is 0. The number of terminal acetylenes is 1. The highest BCUT2D eigenvalue weighted by molar-refractivity contribution is 6.16. The molecule has 0 radical (unpaired) electrons. The fourth-order valence-electron chi connectivity index (χ4n) is 0.693. The van der Waals surface area contributed by atoms with E-state index in [9.17, 15) is 9.59 Å². The summed E-state index contributed by atoms with van der Waals surface area (Å²) in [6.07, 6.45) is 6.38. The predicted molar refractivity (Wildman–Crippen MR) is 34.7 cm³/mol. The summed E-state index contributed by atoms with van der Waals surface area (Å²) in [5, 5.41) is 2.09. The molecular formula is C7H5NO2. The van der Waals surface area contributed by atoms with Crippen LogP contribution >= 0.6 is 0 Å². The monoisotopic (exact) mass is 135 g/mol. The molecule has 0 saturated carbocycles. The minimum Gasteiger partial charge on any atom is -0.289 e. The third kappa shape index (κ3) is 1.06. The van der Waals surface area contributed by atoms with E-state index >= 15 is 0 Å². The van der Waals surface area contributed by atoms with Crippen molar-refractivity contribution in [3.63, 3.8) is 0 Å². The topological polar surface area (TPSA) is 46.2 Å². The first kappa shape index (κ1) is 6.56. The quantitative estimate of drug-likeness (QED) is 0.392. The van der Waals surface area contributed by atoms with E-state index in [1.54, 1.807) is 0 Å². The van der Waals surface area contributed by atoms with Gasteiger partial charge in [0, 0.05) is 18.1 Å². The van der Waals surface area contributed by atoms with Gasteiger partial charge in [-0.05, 0) is 0 Å². The lowest BCUT2D eigenvalue weighted by Crippen LogP contribution is -2.21. The number of carbonyl (C=O) groups is 2. The normalized spacial score (nSPS) is 16.1. The van der Waals surface area contributed by atoms with E-state index < -0.39 is 0 Å². The molecule has 3 heteroatoms. The zero-order valence-corrected chi connectivity index (χ0v) is 5.18. The third-order valence-corrected chi connectivity index (χ3v) is 1.13. The van der Waals surface area contributed by atoms with Gasteiger partial charge in [-0.3, -0.25) is 14.9 Å². The summed E-state index contributed by atoms with van der Waals surface area (Å²) in [7, 11) is 0. The largest absolute Gasteiger partial charge is 0.289 e. The van der Waals surface area contributed by atoms with Gasteiger partial charge in [-0.2, -0.15) is 0 Å². The number of carbonyl (C=O) groups excluding carboxylic acids is 2. The van der Waals surface area contributed by atoms with Gasteiger partial charge in [0.05, 0.1) is 0 Å². The Bertz CT molecular complexity index is 257. The number of hydrogen-bond acceptors (Lipinski definition) is 2. The molecule has 0 aromatic rings. The van der Waals surface area contributed by atoms with E-state index in [2.05, 4.69) is 11.2 Å². The van der Waals surface area contributed by atoms with Gasteiger partial charge in [-0.15, -0.1) is 12.3 Å². The zero-order chi connectivity index (χ0) is 7.56. The fraction of sp³-hybridized carbons (Fsp3) is 0.143. The maximum Gasteiger partial charge on any atom is 0.255 e. The smallest absolute Gasteiger partial charge is 0.255 e. The minimum absolute atomic E-state index is 0.220. The standard InChI is InChI=1S/C7H5NO2/c1-2-3-5-4-6(9)8-7(5)10/h1,4H,3H2,(H,8,9,10). The summed E-state index contributed by atoms with van der Waals surface area (Å²) in [5.74, 6) is 1.53.